The molecule has 0 radical (unpaired) electrons. The van der Waals surface area contributed by atoms with Gasteiger partial charge in [-0.3, -0.25) is 19.1 Å². The number of nitrogens with zero attached hydrogens (tertiary/aromatic N) is 5. The van der Waals surface area contributed by atoms with E-state index >= 15 is 0 Å². The molecule has 0 aliphatic carbocycles. The number of benzene rings is 1. The van der Waals surface area contributed by atoms with Gasteiger partial charge < -0.3 is 31.5 Å². The summed E-state index contributed by atoms with van der Waals surface area (Å²) >= 11 is 7.80. The summed E-state index contributed by atoms with van der Waals surface area (Å²) < 4.78 is 7.05. The zero-order valence-electron chi connectivity index (χ0n) is 23.4. The number of aliphatic imine (C=N–C) groups is 2. The van der Waals surface area contributed by atoms with Crippen molar-refractivity contribution in [3.05, 3.63) is 55.8 Å². The van der Waals surface area contributed by atoms with Crippen LogP contribution in [0.5, 0.6) is 5.88 Å². The third-order valence-corrected chi connectivity index (χ3v) is 9.85. The predicted octanol–water partition coefficient (Wildman–Crippen LogP) is 2.93. The van der Waals surface area contributed by atoms with E-state index in [0.29, 0.717) is 41.9 Å². The van der Waals surface area contributed by atoms with Gasteiger partial charge in [0.25, 0.3) is 11.5 Å². The number of ether oxygens (including phenoxy) is 1. The normalized spacial score (nSPS) is 20.7. The molecule has 12 nitrogen and oxygen atoms in total. The fourth-order valence-corrected chi connectivity index (χ4v) is 6.71. The highest BCUT2D eigenvalue weighted by molar-refractivity contribution is 8.03. The van der Waals surface area contributed by atoms with E-state index in [-0.39, 0.29) is 28.0 Å². The van der Waals surface area contributed by atoms with Crippen LogP contribution in [0.3, 0.4) is 0 Å². The first-order chi connectivity index (χ1) is 20.1. The number of fused-ring (bicyclic) bond motifs is 1. The van der Waals surface area contributed by atoms with Crippen LogP contribution in [0, 0.1) is 5.41 Å². The molecule has 1 aromatic heterocycles. The minimum Gasteiger partial charge on any atom is -0.493 e. The second-order valence-electron chi connectivity index (χ2n) is 10.8. The van der Waals surface area contributed by atoms with E-state index in [4.69, 9.17) is 27.8 Å². The molecule has 3 aliphatic heterocycles. The number of anilines is 1. The van der Waals surface area contributed by atoms with Crippen molar-refractivity contribution in [1.29, 1.82) is 0 Å². The summed E-state index contributed by atoms with van der Waals surface area (Å²) in [4.78, 5) is 41.5. The number of carbonyl (C=O) groups is 1. The van der Waals surface area contributed by atoms with Crippen LogP contribution in [-0.2, 0) is 17.7 Å². The lowest BCUT2D eigenvalue weighted by atomic mass is 9.75. The summed E-state index contributed by atoms with van der Waals surface area (Å²) in [6.45, 7) is 8.90. The Hall–Kier alpha value is -3.39. The van der Waals surface area contributed by atoms with Gasteiger partial charge in [-0.25, -0.2) is 4.99 Å². The first-order valence-corrected chi connectivity index (χ1v) is 15.0. The molecule has 224 valence electrons. The zero-order chi connectivity index (χ0) is 30.0. The van der Waals surface area contributed by atoms with Crippen molar-refractivity contribution in [2.75, 3.05) is 31.6 Å². The van der Waals surface area contributed by atoms with Crippen LogP contribution in [0.15, 0.2) is 48.7 Å². The standard InChI is InChI=1S/C28H35ClN8O4S/c1-16(36-12-9-28(10-13-36)15-41-14-19(28)30)33-23(31)26(32-2)42-18-7-5-6-17(22(18)29)34-24(38)21-25(39)35-20-8-3-4-11-37(20)27(21)40/h5-7,19,39H,2-4,8-15,30-31H2,1H3,(H,34,38)/b26-23+,33-16+/t19-/m1/s1. The molecule has 1 atom stereocenters. The molecule has 1 spiro atoms. The Kier molecular flexibility index (Phi) is 8.92. The average Bonchev–Trinajstić information content (AvgIpc) is 3.32. The number of nitrogens with two attached hydrogens (primary N) is 2. The van der Waals surface area contributed by atoms with Gasteiger partial charge in [-0.05, 0) is 51.5 Å². The lowest BCUT2D eigenvalue weighted by molar-refractivity contribution is 0.101. The van der Waals surface area contributed by atoms with E-state index in [9.17, 15) is 14.7 Å². The van der Waals surface area contributed by atoms with Crippen molar-refractivity contribution < 1.29 is 14.6 Å². The molecule has 1 amide bonds. The molecule has 2 fully saturated rings. The Morgan fingerprint density at radius 1 is 1.31 bits per heavy atom. The highest BCUT2D eigenvalue weighted by Crippen LogP contribution is 2.40. The van der Waals surface area contributed by atoms with E-state index in [2.05, 4.69) is 31.9 Å². The summed E-state index contributed by atoms with van der Waals surface area (Å²) in [5, 5.41) is 13.5. The quantitative estimate of drug-likeness (QED) is 0.217. The monoisotopic (exact) mass is 614 g/mol. The van der Waals surface area contributed by atoms with Crippen molar-refractivity contribution in [3.8, 4) is 5.88 Å². The molecule has 6 N–H and O–H groups in total. The summed E-state index contributed by atoms with van der Waals surface area (Å²) in [5.41, 5.74) is 11.9. The molecule has 4 heterocycles. The second-order valence-corrected chi connectivity index (χ2v) is 12.2. The van der Waals surface area contributed by atoms with Crippen LogP contribution in [0.1, 0.15) is 48.8 Å². The van der Waals surface area contributed by atoms with Gasteiger partial charge in [0, 0.05) is 42.4 Å². The van der Waals surface area contributed by atoms with Gasteiger partial charge in [-0.15, -0.1) is 0 Å². The van der Waals surface area contributed by atoms with Crippen molar-refractivity contribution in [3.63, 3.8) is 0 Å². The van der Waals surface area contributed by atoms with E-state index in [1.807, 2.05) is 6.92 Å². The number of hydrogen-bond donors (Lipinski definition) is 4. The maximum atomic E-state index is 13.1. The Bertz CT molecular complexity index is 1520. The van der Waals surface area contributed by atoms with Crippen LogP contribution < -0.4 is 22.3 Å². The summed E-state index contributed by atoms with van der Waals surface area (Å²) in [6, 6.07) is 5.07. The van der Waals surface area contributed by atoms with Crippen LogP contribution in [0.4, 0.5) is 5.69 Å². The van der Waals surface area contributed by atoms with E-state index in [0.717, 1.165) is 56.4 Å². The molecule has 1 aromatic carbocycles. The SMILES string of the molecule is C=N/C(Sc1cccc(NC(=O)c2c(O)nc3n(c2=O)CCCC3)c1Cl)=C(N)\N=C(/C)N1CCC2(CC1)COC[C@H]2N. The number of thioether (sulfide) groups is 1. The first kappa shape index (κ1) is 30.1. The number of piperidine rings is 1. The Labute approximate surface area is 252 Å². The van der Waals surface area contributed by atoms with Gasteiger partial charge in [0.1, 0.15) is 16.7 Å². The minimum absolute atomic E-state index is 0.0301. The van der Waals surface area contributed by atoms with Crippen LogP contribution in [-0.4, -0.2) is 70.4 Å². The molecular weight excluding hydrogens is 580 g/mol. The molecule has 42 heavy (non-hydrogen) atoms. The lowest BCUT2D eigenvalue weighted by Crippen LogP contribution is -2.50. The number of aromatic hydroxyl groups is 1. The van der Waals surface area contributed by atoms with Gasteiger partial charge in [0.2, 0.25) is 5.88 Å². The van der Waals surface area contributed by atoms with Crippen LogP contribution in [0.25, 0.3) is 0 Å². The van der Waals surface area contributed by atoms with Crippen molar-refractivity contribution in [1.82, 2.24) is 14.5 Å². The van der Waals surface area contributed by atoms with Crippen molar-refractivity contribution in [2.24, 2.45) is 26.9 Å². The molecule has 3 aliphatic rings. The molecule has 5 rings (SSSR count). The molecular formula is C28H35ClN8O4S. The number of aryl methyl sites for hydroxylation is 1. The Morgan fingerprint density at radius 3 is 2.76 bits per heavy atom. The lowest BCUT2D eigenvalue weighted by Gasteiger charge is -2.41. The number of halogens is 1. The third-order valence-electron chi connectivity index (χ3n) is 8.24. The van der Waals surface area contributed by atoms with E-state index in [1.165, 1.54) is 4.57 Å². The molecule has 0 saturated carbocycles. The number of amidine groups is 1. The highest BCUT2D eigenvalue weighted by atomic mass is 35.5. The van der Waals surface area contributed by atoms with Gasteiger partial charge in [-0.1, -0.05) is 29.4 Å². The summed E-state index contributed by atoms with van der Waals surface area (Å²) in [6.07, 6.45) is 4.08. The fourth-order valence-electron chi connectivity index (χ4n) is 5.66. The number of nitrogens with one attached hydrogen (secondary N) is 1. The molecule has 2 saturated heterocycles. The second kappa shape index (κ2) is 12.5. The minimum atomic E-state index is -0.805. The number of aromatic nitrogens is 2. The number of carbonyl (C=O) groups excluding carboxylic acids is 1. The predicted molar refractivity (Wildman–Crippen MR) is 164 cm³/mol. The topological polar surface area (TPSA) is 173 Å². The zero-order valence-corrected chi connectivity index (χ0v) is 25.0. The highest BCUT2D eigenvalue weighted by Gasteiger charge is 2.44. The van der Waals surface area contributed by atoms with Gasteiger partial charge >= 0.3 is 0 Å². The third kappa shape index (κ3) is 5.91. The largest absolute Gasteiger partial charge is 0.493 e. The van der Waals surface area contributed by atoms with E-state index in [1.54, 1.807) is 18.2 Å². The number of hydrogen-bond acceptors (Lipinski definition) is 10. The maximum Gasteiger partial charge on any atom is 0.270 e. The molecule has 0 unspecified atom stereocenters. The maximum absolute atomic E-state index is 13.1. The van der Waals surface area contributed by atoms with Crippen molar-refractivity contribution >= 4 is 47.5 Å². The summed E-state index contributed by atoms with van der Waals surface area (Å²) in [7, 11) is 0. The first-order valence-electron chi connectivity index (χ1n) is 13.8. The number of likely N-dealkylation sites (tertiary alicyclic amines) is 1. The van der Waals surface area contributed by atoms with Crippen LogP contribution >= 0.6 is 23.4 Å². The van der Waals surface area contributed by atoms with Crippen molar-refractivity contribution in [2.45, 2.75) is 56.5 Å². The molecule has 14 heteroatoms. The van der Waals surface area contributed by atoms with Gasteiger partial charge in [0.05, 0.1) is 23.9 Å². The molecule has 0 bridgehead atoms. The van der Waals surface area contributed by atoms with Crippen LogP contribution in [0.2, 0.25) is 5.02 Å². The van der Waals surface area contributed by atoms with Gasteiger partial charge in [0.15, 0.2) is 11.4 Å². The van der Waals surface area contributed by atoms with Gasteiger partial charge in [-0.2, -0.15) is 4.98 Å². The number of rotatable bonds is 6. The fraction of sp³-hybridized carbons (Fsp3) is 0.464. The Morgan fingerprint density at radius 2 is 2.07 bits per heavy atom. The Balaban J connectivity index is 1.31. The molecule has 2 aromatic rings. The number of amides is 1. The smallest absolute Gasteiger partial charge is 0.270 e. The average molecular weight is 615 g/mol. The summed E-state index contributed by atoms with van der Waals surface area (Å²) in [5.74, 6) is 0.00406. The van der Waals surface area contributed by atoms with E-state index < -0.39 is 22.9 Å².